The van der Waals surface area contributed by atoms with Crippen LogP contribution in [0.15, 0.2) is 59.6 Å². The Balaban J connectivity index is 1.57. The van der Waals surface area contributed by atoms with Crippen molar-refractivity contribution < 1.29 is 19.5 Å². The molecule has 2 amide bonds. The summed E-state index contributed by atoms with van der Waals surface area (Å²) in [6.07, 6.45) is 1.68. The normalized spacial score (nSPS) is 10.5. The summed E-state index contributed by atoms with van der Waals surface area (Å²) >= 11 is 2.54. The van der Waals surface area contributed by atoms with E-state index in [1.54, 1.807) is 22.8 Å². The van der Waals surface area contributed by atoms with Crippen LogP contribution < -0.4 is 15.7 Å². The number of thiophene rings is 1. The zero-order valence-corrected chi connectivity index (χ0v) is 17.9. The summed E-state index contributed by atoms with van der Waals surface area (Å²) in [7, 11) is 0. The first-order chi connectivity index (χ1) is 15.0. The molecule has 31 heavy (non-hydrogen) atoms. The number of carbonyl (C=O) groups is 3. The Kier molecular flexibility index (Phi) is 7.57. The molecular formula is C20H18N5O4S2-. The van der Waals surface area contributed by atoms with E-state index in [0.717, 1.165) is 0 Å². The second-order valence-corrected chi connectivity index (χ2v) is 8.05. The van der Waals surface area contributed by atoms with E-state index in [-0.39, 0.29) is 29.7 Å². The number of hydrogen-bond donors (Lipinski definition) is 2. The minimum Gasteiger partial charge on any atom is -0.545 e. The van der Waals surface area contributed by atoms with Crippen molar-refractivity contribution in [3.05, 3.63) is 70.7 Å². The van der Waals surface area contributed by atoms with Gasteiger partial charge < -0.3 is 25.1 Å². The van der Waals surface area contributed by atoms with Crippen molar-refractivity contribution in [2.24, 2.45) is 0 Å². The number of allylic oxidation sites excluding steroid dienone is 1. The second kappa shape index (κ2) is 10.5. The van der Waals surface area contributed by atoms with Crippen LogP contribution in [0, 0.1) is 0 Å². The molecule has 0 unspecified atom stereocenters. The van der Waals surface area contributed by atoms with Crippen molar-refractivity contribution in [3.63, 3.8) is 0 Å². The average Bonchev–Trinajstić information content (AvgIpc) is 3.42. The quantitative estimate of drug-likeness (QED) is 0.350. The first-order valence-corrected chi connectivity index (χ1v) is 10.9. The lowest BCUT2D eigenvalue weighted by molar-refractivity contribution is -0.255. The number of aromatic carboxylic acids is 1. The number of carboxylic acid groups (broad SMARTS) is 1. The third-order valence-electron chi connectivity index (χ3n) is 3.99. The molecule has 2 N–H and O–H groups in total. The predicted octanol–water partition coefficient (Wildman–Crippen LogP) is 1.55. The number of nitrogens with one attached hydrogen (secondary N) is 2. The van der Waals surface area contributed by atoms with Crippen molar-refractivity contribution in [2.45, 2.75) is 18.2 Å². The summed E-state index contributed by atoms with van der Waals surface area (Å²) < 4.78 is 1.77. The number of rotatable bonds is 10. The number of thioether (sulfide) groups is 1. The number of carbonyl (C=O) groups excluding carboxylic acids is 3. The molecule has 3 aromatic rings. The number of nitrogens with zero attached hydrogens (tertiary/aromatic N) is 3. The molecule has 2 aromatic heterocycles. The van der Waals surface area contributed by atoms with Crippen molar-refractivity contribution in [3.8, 4) is 0 Å². The van der Waals surface area contributed by atoms with Gasteiger partial charge in [0, 0.05) is 12.2 Å². The number of anilines is 1. The first kappa shape index (κ1) is 22.2. The van der Waals surface area contributed by atoms with E-state index in [4.69, 9.17) is 0 Å². The van der Waals surface area contributed by atoms with E-state index >= 15 is 0 Å². The van der Waals surface area contributed by atoms with Gasteiger partial charge in [0.15, 0.2) is 11.0 Å². The highest BCUT2D eigenvalue weighted by Crippen LogP contribution is 2.18. The summed E-state index contributed by atoms with van der Waals surface area (Å²) in [6, 6.07) is 9.23. The van der Waals surface area contributed by atoms with Crippen LogP contribution in [0.25, 0.3) is 0 Å². The minimum atomic E-state index is -1.28. The van der Waals surface area contributed by atoms with E-state index in [2.05, 4.69) is 27.4 Å². The molecule has 0 atom stereocenters. The Morgan fingerprint density at radius 3 is 2.61 bits per heavy atom. The van der Waals surface area contributed by atoms with Crippen molar-refractivity contribution >= 4 is 46.6 Å². The molecule has 0 spiro atoms. The minimum absolute atomic E-state index is 0.0311. The predicted molar refractivity (Wildman–Crippen MR) is 116 cm³/mol. The number of hydrogen-bond acceptors (Lipinski definition) is 8. The third kappa shape index (κ3) is 6.03. The van der Waals surface area contributed by atoms with Crippen molar-refractivity contribution in [1.82, 2.24) is 20.1 Å². The van der Waals surface area contributed by atoms with Crippen LogP contribution in [0.2, 0.25) is 0 Å². The molecule has 0 saturated heterocycles. The maximum absolute atomic E-state index is 12.2. The number of aromatic nitrogens is 3. The monoisotopic (exact) mass is 456 g/mol. The molecule has 0 aliphatic rings. The Morgan fingerprint density at radius 2 is 1.97 bits per heavy atom. The molecule has 1 aromatic carbocycles. The lowest BCUT2D eigenvalue weighted by atomic mass is 10.2. The van der Waals surface area contributed by atoms with Crippen molar-refractivity contribution in [2.75, 3.05) is 11.1 Å². The van der Waals surface area contributed by atoms with Crippen molar-refractivity contribution in [1.29, 1.82) is 0 Å². The zero-order chi connectivity index (χ0) is 22.2. The van der Waals surface area contributed by atoms with E-state index in [0.29, 0.717) is 28.1 Å². The van der Waals surface area contributed by atoms with Gasteiger partial charge in [-0.1, -0.05) is 36.0 Å². The van der Waals surface area contributed by atoms with Gasteiger partial charge in [-0.25, -0.2) is 0 Å². The van der Waals surface area contributed by atoms with Crippen LogP contribution in [-0.2, 0) is 17.9 Å². The number of amides is 2. The Hall–Kier alpha value is -3.44. The topological polar surface area (TPSA) is 129 Å². The van der Waals surface area contributed by atoms with Gasteiger partial charge in [-0.3, -0.25) is 9.59 Å². The van der Waals surface area contributed by atoms with E-state index in [1.165, 1.54) is 47.4 Å². The van der Waals surface area contributed by atoms with Crippen LogP contribution in [0.5, 0.6) is 0 Å². The molecule has 2 heterocycles. The van der Waals surface area contributed by atoms with E-state index in [1.807, 2.05) is 5.38 Å². The molecule has 3 rings (SSSR count). The SMILES string of the molecule is C=CCn1c(CNC(=O)c2cccs2)nnc1SCC(=O)Nc1ccc(C(=O)[O-])cc1. The van der Waals surface area contributed by atoms with E-state index < -0.39 is 5.97 Å². The lowest BCUT2D eigenvalue weighted by Gasteiger charge is -2.09. The van der Waals surface area contributed by atoms with Gasteiger partial charge in [0.2, 0.25) is 5.91 Å². The standard InChI is InChI=1S/C20H19N5O4S2/c1-2-9-25-16(11-21-18(27)15-4-3-10-30-15)23-24-20(25)31-12-17(26)22-14-7-5-13(6-8-14)19(28)29/h2-8,10H,1,9,11-12H2,(H,21,27)(H,22,26)(H,28,29)/p-1. The first-order valence-electron chi connectivity index (χ1n) is 9.06. The van der Waals surface area contributed by atoms with Gasteiger partial charge in [-0.05, 0) is 29.1 Å². The molecular weight excluding hydrogens is 438 g/mol. The Morgan fingerprint density at radius 1 is 1.19 bits per heavy atom. The summed E-state index contributed by atoms with van der Waals surface area (Å²) in [5.74, 6) is -1.14. The molecule has 11 heteroatoms. The van der Waals surface area contributed by atoms with Gasteiger partial charge in [0.05, 0.1) is 23.1 Å². The van der Waals surface area contributed by atoms with Gasteiger partial charge >= 0.3 is 0 Å². The molecule has 0 bridgehead atoms. The van der Waals surface area contributed by atoms with Gasteiger partial charge in [-0.15, -0.1) is 28.1 Å². The maximum Gasteiger partial charge on any atom is 0.261 e. The molecule has 0 fully saturated rings. The molecule has 0 radical (unpaired) electrons. The zero-order valence-electron chi connectivity index (χ0n) is 16.2. The Bertz CT molecular complexity index is 1080. The molecule has 0 aliphatic heterocycles. The van der Waals surface area contributed by atoms with Gasteiger partial charge in [-0.2, -0.15) is 0 Å². The van der Waals surface area contributed by atoms with Crippen LogP contribution in [0.4, 0.5) is 5.69 Å². The van der Waals surface area contributed by atoms with Crippen LogP contribution in [0.3, 0.4) is 0 Å². The van der Waals surface area contributed by atoms with Crippen LogP contribution in [-0.4, -0.2) is 38.3 Å². The lowest BCUT2D eigenvalue weighted by Crippen LogP contribution is -2.24. The smallest absolute Gasteiger partial charge is 0.261 e. The highest BCUT2D eigenvalue weighted by Gasteiger charge is 2.15. The summed E-state index contributed by atoms with van der Waals surface area (Å²) in [4.78, 5) is 35.7. The highest BCUT2D eigenvalue weighted by atomic mass is 32.2. The summed E-state index contributed by atoms with van der Waals surface area (Å²) in [6.45, 7) is 4.34. The van der Waals surface area contributed by atoms with Crippen LogP contribution >= 0.6 is 23.1 Å². The average molecular weight is 457 g/mol. The second-order valence-electron chi connectivity index (χ2n) is 6.16. The largest absolute Gasteiger partial charge is 0.545 e. The Labute approximate surface area is 186 Å². The number of benzene rings is 1. The van der Waals surface area contributed by atoms with Crippen LogP contribution in [0.1, 0.15) is 25.9 Å². The maximum atomic E-state index is 12.2. The summed E-state index contributed by atoms with van der Waals surface area (Å²) in [5.41, 5.74) is 0.503. The van der Waals surface area contributed by atoms with E-state index in [9.17, 15) is 19.5 Å². The molecule has 9 nitrogen and oxygen atoms in total. The highest BCUT2D eigenvalue weighted by molar-refractivity contribution is 7.99. The fraction of sp³-hybridized carbons (Fsp3) is 0.150. The fourth-order valence-corrected chi connectivity index (χ4v) is 3.95. The molecule has 0 aliphatic carbocycles. The third-order valence-corrected chi connectivity index (χ3v) is 5.83. The van der Waals surface area contributed by atoms with Gasteiger partial charge in [0.25, 0.3) is 5.91 Å². The summed E-state index contributed by atoms with van der Waals surface area (Å²) in [5, 5.41) is 26.8. The molecule has 160 valence electrons. The fourth-order valence-electron chi connectivity index (χ4n) is 2.54. The molecule has 0 saturated carbocycles. The number of carboxylic acids is 1. The van der Waals surface area contributed by atoms with Gasteiger partial charge in [0.1, 0.15) is 0 Å².